The lowest BCUT2D eigenvalue weighted by Crippen LogP contribution is -2.33. The predicted molar refractivity (Wildman–Crippen MR) is 83.6 cm³/mol. The van der Waals surface area contributed by atoms with Crippen molar-refractivity contribution >= 4 is 5.69 Å². The van der Waals surface area contributed by atoms with Gasteiger partial charge in [-0.05, 0) is 50.3 Å². The van der Waals surface area contributed by atoms with Crippen molar-refractivity contribution in [3.8, 4) is 0 Å². The Morgan fingerprint density at radius 1 is 1.25 bits per heavy atom. The number of nitrogens with one attached hydrogen (secondary N) is 1. The van der Waals surface area contributed by atoms with Gasteiger partial charge in [0.1, 0.15) is 5.82 Å². The number of anilines is 1. The molecule has 112 valence electrons. The molecule has 20 heavy (non-hydrogen) atoms. The van der Waals surface area contributed by atoms with Crippen molar-refractivity contribution in [3.05, 3.63) is 29.6 Å². The Kier molecular flexibility index (Phi) is 5.03. The lowest BCUT2D eigenvalue weighted by atomic mass is 10.1. The maximum Gasteiger partial charge on any atom is 0.146 e. The van der Waals surface area contributed by atoms with Crippen molar-refractivity contribution < 1.29 is 4.39 Å². The van der Waals surface area contributed by atoms with Crippen LogP contribution in [0, 0.1) is 11.7 Å². The van der Waals surface area contributed by atoms with E-state index in [1.807, 2.05) is 12.1 Å². The number of benzene rings is 1. The molecule has 1 aromatic rings. The van der Waals surface area contributed by atoms with Gasteiger partial charge in [-0.1, -0.05) is 19.9 Å². The molecule has 0 saturated heterocycles. The van der Waals surface area contributed by atoms with Crippen LogP contribution in [-0.2, 0) is 6.54 Å². The molecule has 1 aliphatic rings. The highest BCUT2D eigenvalue weighted by molar-refractivity contribution is 5.50. The fourth-order valence-electron chi connectivity index (χ4n) is 2.38. The van der Waals surface area contributed by atoms with Gasteiger partial charge < -0.3 is 10.2 Å². The molecule has 0 bridgehead atoms. The van der Waals surface area contributed by atoms with E-state index in [-0.39, 0.29) is 5.82 Å². The summed E-state index contributed by atoms with van der Waals surface area (Å²) in [6.07, 6.45) is 2.59. The Hall–Kier alpha value is -1.09. The summed E-state index contributed by atoms with van der Waals surface area (Å²) in [6, 6.07) is 6.41. The Labute approximate surface area is 122 Å². The number of nitrogens with zero attached hydrogens (tertiary/aromatic N) is 1. The summed E-state index contributed by atoms with van der Waals surface area (Å²) in [4.78, 5) is 2.20. The third kappa shape index (κ3) is 4.20. The normalized spacial score (nSPS) is 15.2. The summed E-state index contributed by atoms with van der Waals surface area (Å²) < 4.78 is 14.4. The lowest BCUT2D eigenvalue weighted by Gasteiger charge is -2.29. The highest BCUT2D eigenvalue weighted by Gasteiger charge is 2.26. The van der Waals surface area contributed by atoms with E-state index in [1.165, 1.54) is 12.8 Å². The highest BCUT2D eigenvalue weighted by atomic mass is 19.1. The van der Waals surface area contributed by atoms with Crippen molar-refractivity contribution in [1.82, 2.24) is 5.32 Å². The van der Waals surface area contributed by atoms with Crippen molar-refractivity contribution in [2.75, 3.05) is 11.4 Å². The molecule has 0 unspecified atom stereocenters. The van der Waals surface area contributed by atoms with Gasteiger partial charge in [0.15, 0.2) is 0 Å². The molecule has 1 aliphatic carbocycles. The van der Waals surface area contributed by atoms with E-state index in [0.717, 1.165) is 30.3 Å². The van der Waals surface area contributed by atoms with Crippen LogP contribution in [0.1, 0.15) is 46.1 Å². The van der Waals surface area contributed by atoms with Crippen LogP contribution in [-0.4, -0.2) is 18.6 Å². The number of rotatable bonds is 7. The van der Waals surface area contributed by atoms with Crippen molar-refractivity contribution in [1.29, 1.82) is 0 Å². The fraction of sp³-hybridized carbons (Fsp3) is 0.647. The minimum absolute atomic E-state index is 0.0950. The summed E-state index contributed by atoms with van der Waals surface area (Å²) in [5.74, 6) is 0.668. The average molecular weight is 278 g/mol. The van der Waals surface area contributed by atoms with E-state index in [4.69, 9.17) is 0 Å². The molecule has 2 nitrogen and oxygen atoms in total. The van der Waals surface area contributed by atoms with E-state index in [1.54, 1.807) is 6.07 Å². The molecule has 0 atom stereocenters. The van der Waals surface area contributed by atoms with E-state index < -0.39 is 0 Å². The van der Waals surface area contributed by atoms with Gasteiger partial charge in [0.2, 0.25) is 0 Å². The Bertz CT molecular complexity index is 439. The fourth-order valence-corrected chi connectivity index (χ4v) is 2.38. The summed E-state index contributed by atoms with van der Waals surface area (Å²) >= 11 is 0. The zero-order chi connectivity index (χ0) is 14.7. The van der Waals surface area contributed by atoms with Crippen LogP contribution < -0.4 is 10.2 Å². The summed E-state index contributed by atoms with van der Waals surface area (Å²) in [6.45, 7) is 10.2. The zero-order valence-electron chi connectivity index (χ0n) is 13.1. The first-order valence-corrected chi connectivity index (χ1v) is 7.75. The van der Waals surface area contributed by atoms with Crippen LogP contribution in [0.2, 0.25) is 0 Å². The molecular formula is C17H27FN2. The third-order valence-electron chi connectivity index (χ3n) is 3.81. The monoisotopic (exact) mass is 278 g/mol. The second-order valence-corrected chi connectivity index (χ2v) is 6.51. The van der Waals surface area contributed by atoms with Crippen LogP contribution in [0.25, 0.3) is 0 Å². The molecule has 0 spiro atoms. The van der Waals surface area contributed by atoms with Gasteiger partial charge >= 0.3 is 0 Å². The molecule has 0 aliphatic heterocycles. The van der Waals surface area contributed by atoms with E-state index >= 15 is 0 Å². The molecule has 3 heteroatoms. The SMILES string of the molecule is CC(C)NCc1ccc(N(CC2CC2)C(C)C)c(F)c1. The number of halogens is 1. The van der Waals surface area contributed by atoms with Crippen LogP contribution >= 0.6 is 0 Å². The zero-order valence-corrected chi connectivity index (χ0v) is 13.1. The molecule has 0 heterocycles. The standard InChI is InChI=1S/C17H27FN2/c1-12(2)19-10-15-7-8-17(16(18)9-15)20(13(3)4)11-14-5-6-14/h7-9,12-14,19H,5-6,10-11H2,1-4H3. The smallest absolute Gasteiger partial charge is 0.146 e. The van der Waals surface area contributed by atoms with Crippen LogP contribution in [0.15, 0.2) is 18.2 Å². The van der Waals surface area contributed by atoms with E-state index in [0.29, 0.717) is 12.1 Å². The molecule has 0 radical (unpaired) electrons. The predicted octanol–water partition coefficient (Wildman–Crippen LogP) is 3.95. The first-order chi connectivity index (χ1) is 9.47. The Morgan fingerprint density at radius 3 is 2.45 bits per heavy atom. The second-order valence-electron chi connectivity index (χ2n) is 6.51. The van der Waals surface area contributed by atoms with Crippen molar-refractivity contribution in [2.24, 2.45) is 5.92 Å². The minimum atomic E-state index is -0.0950. The van der Waals surface area contributed by atoms with Gasteiger partial charge in [-0.15, -0.1) is 0 Å². The Morgan fingerprint density at radius 2 is 1.95 bits per heavy atom. The van der Waals surface area contributed by atoms with Gasteiger partial charge in [0.05, 0.1) is 5.69 Å². The van der Waals surface area contributed by atoms with Crippen molar-refractivity contribution in [2.45, 2.75) is 59.2 Å². The number of hydrogen-bond acceptors (Lipinski definition) is 2. The average Bonchev–Trinajstić information content (AvgIpc) is 3.18. The lowest BCUT2D eigenvalue weighted by molar-refractivity contribution is 0.572. The molecule has 1 saturated carbocycles. The molecular weight excluding hydrogens is 251 g/mol. The van der Waals surface area contributed by atoms with Gasteiger partial charge in [-0.25, -0.2) is 4.39 Å². The topological polar surface area (TPSA) is 15.3 Å². The summed E-state index contributed by atoms with van der Waals surface area (Å²) in [5, 5.41) is 3.32. The van der Waals surface area contributed by atoms with E-state index in [2.05, 4.69) is 37.9 Å². The van der Waals surface area contributed by atoms with Gasteiger partial charge in [0, 0.05) is 25.2 Å². The molecule has 1 fully saturated rings. The first kappa shape index (κ1) is 15.3. The van der Waals surface area contributed by atoms with Gasteiger partial charge in [-0.3, -0.25) is 0 Å². The molecule has 2 rings (SSSR count). The molecule has 0 aromatic heterocycles. The molecule has 0 amide bonds. The third-order valence-corrected chi connectivity index (χ3v) is 3.81. The maximum absolute atomic E-state index is 14.4. The largest absolute Gasteiger partial charge is 0.366 e. The van der Waals surface area contributed by atoms with Crippen LogP contribution in [0.4, 0.5) is 10.1 Å². The molecule has 1 aromatic carbocycles. The van der Waals surface area contributed by atoms with Gasteiger partial charge in [-0.2, -0.15) is 0 Å². The van der Waals surface area contributed by atoms with Gasteiger partial charge in [0.25, 0.3) is 0 Å². The summed E-state index contributed by atoms with van der Waals surface area (Å²) in [7, 11) is 0. The quantitative estimate of drug-likeness (QED) is 0.812. The first-order valence-electron chi connectivity index (χ1n) is 7.75. The Balaban J connectivity index is 2.09. The van der Waals surface area contributed by atoms with Crippen LogP contribution in [0.5, 0.6) is 0 Å². The maximum atomic E-state index is 14.4. The number of hydrogen-bond donors (Lipinski definition) is 1. The van der Waals surface area contributed by atoms with Crippen molar-refractivity contribution in [3.63, 3.8) is 0 Å². The highest BCUT2D eigenvalue weighted by Crippen LogP contribution is 2.33. The second kappa shape index (κ2) is 6.57. The summed E-state index contributed by atoms with van der Waals surface area (Å²) in [5.41, 5.74) is 1.76. The minimum Gasteiger partial charge on any atom is -0.366 e. The molecule has 1 N–H and O–H groups in total. The van der Waals surface area contributed by atoms with E-state index in [9.17, 15) is 4.39 Å². The van der Waals surface area contributed by atoms with Crippen LogP contribution in [0.3, 0.4) is 0 Å².